The van der Waals surface area contributed by atoms with Crippen molar-refractivity contribution < 1.29 is 0 Å². The van der Waals surface area contributed by atoms with Gasteiger partial charge >= 0.3 is 0 Å². The van der Waals surface area contributed by atoms with E-state index in [4.69, 9.17) is 15.0 Å². The minimum absolute atomic E-state index is 0.0894. The molecule has 0 N–H and O–H groups in total. The Morgan fingerprint density at radius 1 is 0.434 bits per heavy atom. The molecule has 0 radical (unpaired) electrons. The molecular formula is C49H38N4. The molecule has 1 aliphatic rings. The predicted octanol–water partition coefficient (Wildman–Crippen LogP) is 12.4. The highest BCUT2D eigenvalue weighted by Gasteiger charge is 2.47. The summed E-state index contributed by atoms with van der Waals surface area (Å²) >= 11 is 0. The molecule has 2 aromatic heterocycles. The van der Waals surface area contributed by atoms with E-state index in [1.54, 1.807) is 0 Å². The van der Waals surface area contributed by atoms with Gasteiger partial charge in [0.1, 0.15) is 0 Å². The molecule has 0 unspecified atom stereocenters. The van der Waals surface area contributed by atoms with Crippen LogP contribution in [-0.4, -0.2) is 19.5 Å². The monoisotopic (exact) mass is 682 g/mol. The van der Waals surface area contributed by atoms with E-state index < -0.39 is 0 Å². The van der Waals surface area contributed by atoms with E-state index in [9.17, 15) is 0 Å². The molecule has 0 bridgehead atoms. The van der Waals surface area contributed by atoms with Crippen molar-refractivity contribution >= 4 is 32.6 Å². The first-order valence-electron chi connectivity index (χ1n) is 18.4. The molecule has 0 fully saturated rings. The lowest BCUT2D eigenvalue weighted by Crippen LogP contribution is -2.43. The second-order valence-corrected chi connectivity index (χ2v) is 15.3. The lowest BCUT2D eigenvalue weighted by Gasteiger charge is -2.48. The summed E-state index contributed by atoms with van der Waals surface area (Å²) < 4.78 is 2.47. The highest BCUT2D eigenvalue weighted by atomic mass is 15.0. The Hall–Kier alpha value is -6.39. The second kappa shape index (κ2) is 11.6. The second-order valence-electron chi connectivity index (χ2n) is 15.3. The van der Waals surface area contributed by atoms with Crippen LogP contribution < -0.4 is 0 Å². The van der Waals surface area contributed by atoms with Crippen molar-refractivity contribution in [1.82, 2.24) is 19.5 Å². The summed E-state index contributed by atoms with van der Waals surface area (Å²) in [5.41, 5.74) is 11.6. The van der Waals surface area contributed by atoms with Crippen molar-refractivity contribution in [2.75, 3.05) is 0 Å². The van der Waals surface area contributed by atoms with Gasteiger partial charge in [-0.3, -0.25) is 0 Å². The Morgan fingerprint density at radius 3 is 1.81 bits per heavy atom. The van der Waals surface area contributed by atoms with Crippen LogP contribution >= 0.6 is 0 Å². The molecular weight excluding hydrogens is 645 g/mol. The Balaban J connectivity index is 1.17. The van der Waals surface area contributed by atoms with Crippen LogP contribution in [0.25, 0.3) is 83.6 Å². The van der Waals surface area contributed by atoms with Crippen LogP contribution in [-0.2, 0) is 10.8 Å². The summed E-state index contributed by atoms with van der Waals surface area (Å²) in [7, 11) is 0. The molecule has 10 rings (SSSR count). The van der Waals surface area contributed by atoms with Crippen LogP contribution in [0.1, 0.15) is 38.8 Å². The summed E-state index contributed by atoms with van der Waals surface area (Å²) in [6.07, 6.45) is 0. The van der Waals surface area contributed by atoms with Gasteiger partial charge in [0.25, 0.3) is 0 Å². The Labute approximate surface area is 309 Å². The number of nitrogens with zero attached hydrogens (tertiary/aromatic N) is 4. The van der Waals surface area contributed by atoms with E-state index >= 15 is 0 Å². The van der Waals surface area contributed by atoms with Crippen LogP contribution in [0.2, 0.25) is 0 Å². The Kier molecular flexibility index (Phi) is 6.84. The van der Waals surface area contributed by atoms with Crippen LogP contribution in [0.4, 0.5) is 0 Å². The average molecular weight is 683 g/mol. The van der Waals surface area contributed by atoms with E-state index in [-0.39, 0.29) is 10.8 Å². The molecule has 0 amide bonds. The third kappa shape index (κ3) is 4.72. The minimum Gasteiger partial charge on any atom is -0.309 e. The van der Waals surface area contributed by atoms with Gasteiger partial charge in [0.15, 0.2) is 17.5 Å². The molecule has 7 aromatic carbocycles. The summed E-state index contributed by atoms with van der Waals surface area (Å²) in [4.78, 5) is 15.1. The normalized spacial score (nSPS) is 14.3. The van der Waals surface area contributed by atoms with Gasteiger partial charge in [0.2, 0.25) is 0 Å². The first kappa shape index (κ1) is 31.4. The van der Waals surface area contributed by atoms with Gasteiger partial charge in [0, 0.05) is 38.6 Å². The lowest BCUT2D eigenvalue weighted by molar-refractivity contribution is 0.301. The zero-order chi connectivity index (χ0) is 35.9. The van der Waals surface area contributed by atoms with E-state index in [0.29, 0.717) is 17.5 Å². The minimum atomic E-state index is -0.153. The van der Waals surface area contributed by atoms with Gasteiger partial charge < -0.3 is 4.57 Å². The first-order valence-corrected chi connectivity index (χ1v) is 18.4. The molecule has 1 aliphatic carbocycles. The fourth-order valence-electron chi connectivity index (χ4n) is 8.53. The molecule has 0 atom stereocenters. The van der Waals surface area contributed by atoms with Crippen molar-refractivity contribution in [1.29, 1.82) is 0 Å². The Bertz CT molecular complexity index is 2880. The maximum Gasteiger partial charge on any atom is 0.164 e. The molecule has 2 heterocycles. The van der Waals surface area contributed by atoms with E-state index in [0.717, 1.165) is 27.8 Å². The summed E-state index contributed by atoms with van der Waals surface area (Å²) in [6.45, 7) is 9.65. The van der Waals surface area contributed by atoms with E-state index in [2.05, 4.69) is 172 Å². The zero-order valence-electron chi connectivity index (χ0n) is 30.3. The molecule has 0 spiro atoms. The summed E-state index contributed by atoms with van der Waals surface area (Å²) in [5.74, 6) is 1.96. The number of fused-ring (bicyclic) bond motifs is 8. The number of aromatic nitrogens is 4. The number of hydrogen-bond acceptors (Lipinski definition) is 3. The molecule has 9 aromatic rings. The summed E-state index contributed by atoms with van der Waals surface area (Å²) in [6, 6.07) is 56.1. The van der Waals surface area contributed by atoms with Gasteiger partial charge in [0.05, 0.1) is 11.0 Å². The highest BCUT2D eigenvalue weighted by Crippen LogP contribution is 2.56. The fourth-order valence-corrected chi connectivity index (χ4v) is 8.53. The van der Waals surface area contributed by atoms with Crippen LogP contribution in [0.3, 0.4) is 0 Å². The molecule has 4 nitrogen and oxygen atoms in total. The molecule has 0 aliphatic heterocycles. The number of hydrogen-bond donors (Lipinski definition) is 0. The van der Waals surface area contributed by atoms with Crippen LogP contribution in [0.15, 0.2) is 158 Å². The maximum atomic E-state index is 5.08. The molecule has 254 valence electrons. The van der Waals surface area contributed by atoms with Crippen molar-refractivity contribution in [3.63, 3.8) is 0 Å². The van der Waals surface area contributed by atoms with Crippen molar-refractivity contribution in [3.8, 4) is 51.0 Å². The maximum absolute atomic E-state index is 5.08. The average Bonchev–Trinajstić information content (AvgIpc) is 3.54. The highest BCUT2D eigenvalue weighted by molar-refractivity contribution is 6.12. The number of para-hydroxylation sites is 1. The lowest BCUT2D eigenvalue weighted by atomic mass is 9.55. The fraction of sp³-hybridized carbons (Fsp3) is 0.122. The number of benzene rings is 7. The largest absolute Gasteiger partial charge is 0.309 e. The molecule has 0 saturated carbocycles. The molecule has 0 saturated heterocycles. The third-order valence-electron chi connectivity index (χ3n) is 12.0. The van der Waals surface area contributed by atoms with Crippen LogP contribution in [0.5, 0.6) is 0 Å². The van der Waals surface area contributed by atoms with Crippen molar-refractivity contribution in [2.45, 2.75) is 38.5 Å². The molecule has 53 heavy (non-hydrogen) atoms. The van der Waals surface area contributed by atoms with Crippen molar-refractivity contribution in [3.05, 3.63) is 169 Å². The van der Waals surface area contributed by atoms with Gasteiger partial charge in [-0.05, 0) is 74.8 Å². The van der Waals surface area contributed by atoms with E-state index in [1.165, 1.54) is 49.4 Å². The van der Waals surface area contributed by atoms with Gasteiger partial charge in [-0.1, -0.05) is 149 Å². The van der Waals surface area contributed by atoms with Gasteiger partial charge in [-0.2, -0.15) is 0 Å². The summed E-state index contributed by atoms with van der Waals surface area (Å²) in [5, 5.41) is 4.87. The number of rotatable bonds is 4. The topological polar surface area (TPSA) is 43.6 Å². The molecule has 4 heteroatoms. The van der Waals surface area contributed by atoms with Crippen LogP contribution in [0, 0.1) is 0 Å². The third-order valence-corrected chi connectivity index (χ3v) is 12.0. The zero-order valence-corrected chi connectivity index (χ0v) is 30.3. The first-order chi connectivity index (χ1) is 25.8. The standard InChI is InChI=1S/C49H38N4/c1-48(2)41-20-12-10-18-37(41)39-28-29-40-38-19-11-13-21-42(38)53(44(40)43(39)49(48,3)4)36-26-24-33(25-27-36)46-50-45(32-15-6-5-7-16-32)51-47(52-46)35-23-22-31-14-8-9-17-34(31)30-35/h5-30H,1-4H3. The van der Waals surface area contributed by atoms with Gasteiger partial charge in [-0.25, -0.2) is 15.0 Å². The Morgan fingerprint density at radius 2 is 1.04 bits per heavy atom. The van der Waals surface area contributed by atoms with Gasteiger partial charge in [-0.15, -0.1) is 0 Å². The smallest absolute Gasteiger partial charge is 0.164 e. The predicted molar refractivity (Wildman–Crippen MR) is 219 cm³/mol. The van der Waals surface area contributed by atoms with E-state index in [1.807, 2.05) is 18.2 Å². The SMILES string of the molecule is CC1(C)c2ccccc2-c2ccc3c4ccccc4n(-c4ccc(-c5nc(-c6ccccc6)nc(-c6ccc7ccccc7c6)n5)cc4)c3c2C1(C)C. The quantitative estimate of drug-likeness (QED) is 0.186. The van der Waals surface area contributed by atoms with Crippen molar-refractivity contribution in [2.24, 2.45) is 0 Å².